The van der Waals surface area contributed by atoms with Gasteiger partial charge in [0, 0.05) is 50.4 Å². The number of ketones is 1. The van der Waals surface area contributed by atoms with Gasteiger partial charge in [-0.15, -0.1) is 0 Å². The number of methoxy groups -OCH3 is 1. The van der Waals surface area contributed by atoms with Crippen molar-refractivity contribution < 1.29 is 22.7 Å². The van der Waals surface area contributed by atoms with E-state index in [4.69, 9.17) is 4.74 Å². The zero-order chi connectivity index (χ0) is 20.1. The predicted octanol–water partition coefficient (Wildman–Crippen LogP) is 4.11. The molecule has 1 heterocycles. The second kappa shape index (κ2) is 8.65. The fourth-order valence-corrected chi connectivity index (χ4v) is 3.27. The molecule has 0 atom stereocenters. The number of carbonyl (C=O) groups excluding carboxylic acids is 1. The van der Waals surface area contributed by atoms with E-state index in [0.717, 1.165) is 49.7 Å². The maximum absolute atomic E-state index is 12.7. The third kappa shape index (κ3) is 5.04. The number of halogens is 3. The van der Waals surface area contributed by atoms with Gasteiger partial charge >= 0.3 is 6.18 Å². The van der Waals surface area contributed by atoms with Gasteiger partial charge in [0.2, 0.25) is 0 Å². The van der Waals surface area contributed by atoms with Crippen molar-refractivity contribution in [1.29, 1.82) is 0 Å². The Morgan fingerprint density at radius 3 is 2.11 bits per heavy atom. The maximum atomic E-state index is 12.7. The van der Waals surface area contributed by atoms with Crippen molar-refractivity contribution in [3.05, 3.63) is 59.7 Å². The summed E-state index contributed by atoms with van der Waals surface area (Å²) in [4.78, 5) is 16.6. The lowest BCUT2D eigenvalue weighted by Gasteiger charge is -2.36. The van der Waals surface area contributed by atoms with Crippen LogP contribution in [0.1, 0.15) is 22.3 Å². The van der Waals surface area contributed by atoms with E-state index in [2.05, 4.69) is 9.80 Å². The molecule has 2 aromatic rings. The fraction of sp³-hybridized carbons (Fsp3) is 0.381. The quantitative estimate of drug-likeness (QED) is 0.693. The number of carbonyl (C=O) groups is 1. The van der Waals surface area contributed by atoms with Crippen molar-refractivity contribution in [2.24, 2.45) is 0 Å². The SMILES string of the molecule is COc1ccc(C(=O)CCN2CCN(c3ccc(C(F)(F)F)cc3)CC2)cc1. The summed E-state index contributed by atoms with van der Waals surface area (Å²) in [6.07, 6.45) is -3.87. The van der Waals surface area contributed by atoms with Crippen LogP contribution in [0.5, 0.6) is 5.75 Å². The fourth-order valence-electron chi connectivity index (χ4n) is 3.27. The van der Waals surface area contributed by atoms with Crippen LogP contribution in [-0.2, 0) is 6.18 Å². The van der Waals surface area contributed by atoms with Crippen molar-refractivity contribution in [3.8, 4) is 5.75 Å². The van der Waals surface area contributed by atoms with E-state index in [-0.39, 0.29) is 5.78 Å². The van der Waals surface area contributed by atoms with Crippen LogP contribution in [0, 0.1) is 0 Å². The number of hydrogen-bond donors (Lipinski definition) is 0. The van der Waals surface area contributed by atoms with Crippen molar-refractivity contribution in [3.63, 3.8) is 0 Å². The molecule has 0 unspecified atom stereocenters. The normalized spacial score (nSPS) is 15.5. The average molecular weight is 392 g/mol. The van der Waals surface area contributed by atoms with Gasteiger partial charge in [-0.25, -0.2) is 0 Å². The lowest BCUT2D eigenvalue weighted by molar-refractivity contribution is -0.137. The minimum absolute atomic E-state index is 0.0906. The highest BCUT2D eigenvalue weighted by Gasteiger charge is 2.30. The highest BCUT2D eigenvalue weighted by atomic mass is 19.4. The van der Waals surface area contributed by atoms with Crippen LogP contribution >= 0.6 is 0 Å². The molecule has 150 valence electrons. The Hall–Kier alpha value is -2.54. The van der Waals surface area contributed by atoms with Gasteiger partial charge in [0.05, 0.1) is 12.7 Å². The Bertz CT molecular complexity index is 781. The molecular weight excluding hydrogens is 369 g/mol. The molecule has 0 N–H and O–H groups in total. The predicted molar refractivity (Wildman–Crippen MR) is 102 cm³/mol. The summed E-state index contributed by atoms with van der Waals surface area (Å²) in [7, 11) is 1.58. The summed E-state index contributed by atoms with van der Waals surface area (Å²) in [6, 6.07) is 12.4. The van der Waals surface area contributed by atoms with Crippen molar-refractivity contribution >= 4 is 11.5 Å². The Kier molecular flexibility index (Phi) is 6.24. The van der Waals surface area contributed by atoms with Gasteiger partial charge in [-0.1, -0.05) is 0 Å². The van der Waals surface area contributed by atoms with Gasteiger partial charge in [-0.3, -0.25) is 9.69 Å². The number of anilines is 1. The van der Waals surface area contributed by atoms with Gasteiger partial charge in [0.25, 0.3) is 0 Å². The first kappa shape index (κ1) is 20.2. The molecule has 2 aromatic carbocycles. The summed E-state index contributed by atoms with van der Waals surface area (Å²) in [5.74, 6) is 0.809. The monoisotopic (exact) mass is 392 g/mol. The van der Waals surface area contributed by atoms with Crippen LogP contribution < -0.4 is 9.64 Å². The zero-order valence-electron chi connectivity index (χ0n) is 15.7. The summed E-state index contributed by atoms with van der Waals surface area (Å²) < 4.78 is 43.1. The molecule has 1 aliphatic heterocycles. The minimum atomic E-state index is -4.31. The molecule has 1 fully saturated rings. The highest BCUT2D eigenvalue weighted by Crippen LogP contribution is 2.30. The van der Waals surface area contributed by atoms with Crippen molar-refractivity contribution in [2.45, 2.75) is 12.6 Å². The molecule has 3 rings (SSSR count). The third-order valence-electron chi connectivity index (χ3n) is 5.00. The molecule has 7 heteroatoms. The van der Waals surface area contributed by atoms with Crippen molar-refractivity contribution in [2.75, 3.05) is 44.7 Å². The molecule has 4 nitrogen and oxygen atoms in total. The number of rotatable bonds is 6. The van der Waals surface area contributed by atoms with Crippen LogP contribution in [0.2, 0.25) is 0 Å². The number of benzene rings is 2. The van der Waals surface area contributed by atoms with E-state index in [1.807, 2.05) is 0 Å². The lowest BCUT2D eigenvalue weighted by Crippen LogP contribution is -2.46. The van der Waals surface area contributed by atoms with Crippen LogP contribution in [-0.4, -0.2) is 50.5 Å². The Morgan fingerprint density at radius 2 is 1.57 bits per heavy atom. The molecule has 0 aliphatic carbocycles. The summed E-state index contributed by atoms with van der Waals surface area (Å²) in [5.41, 5.74) is 0.832. The first-order chi connectivity index (χ1) is 13.4. The second-order valence-corrected chi connectivity index (χ2v) is 6.77. The summed E-state index contributed by atoms with van der Waals surface area (Å²) in [6.45, 7) is 3.67. The highest BCUT2D eigenvalue weighted by molar-refractivity contribution is 5.96. The standard InChI is InChI=1S/C21H23F3N2O2/c1-28-19-8-2-16(3-9-19)20(27)10-11-25-12-14-26(15-13-25)18-6-4-17(5-7-18)21(22,23)24/h2-9H,10-15H2,1H3. The molecule has 0 spiro atoms. The van der Waals surface area contributed by atoms with E-state index in [1.165, 1.54) is 12.1 Å². The summed E-state index contributed by atoms with van der Waals surface area (Å²) >= 11 is 0. The first-order valence-electron chi connectivity index (χ1n) is 9.18. The topological polar surface area (TPSA) is 32.8 Å². The van der Waals surface area contributed by atoms with Gasteiger partial charge in [0.1, 0.15) is 5.75 Å². The van der Waals surface area contributed by atoms with Crippen LogP contribution in [0.25, 0.3) is 0 Å². The van der Waals surface area contributed by atoms with Crippen molar-refractivity contribution in [1.82, 2.24) is 4.90 Å². The van der Waals surface area contributed by atoms with Crippen LogP contribution in [0.4, 0.5) is 18.9 Å². The van der Waals surface area contributed by atoms with E-state index >= 15 is 0 Å². The minimum Gasteiger partial charge on any atom is -0.497 e. The molecule has 0 amide bonds. The van der Waals surface area contributed by atoms with E-state index in [0.29, 0.717) is 18.5 Å². The smallest absolute Gasteiger partial charge is 0.416 e. The number of piperazine rings is 1. The van der Waals surface area contributed by atoms with Gasteiger partial charge in [0.15, 0.2) is 5.78 Å². The zero-order valence-corrected chi connectivity index (χ0v) is 15.7. The second-order valence-electron chi connectivity index (χ2n) is 6.77. The van der Waals surface area contributed by atoms with Crippen LogP contribution in [0.3, 0.4) is 0 Å². The molecular formula is C21H23F3N2O2. The number of ether oxygens (including phenoxy) is 1. The van der Waals surface area contributed by atoms with E-state index < -0.39 is 11.7 Å². The molecule has 0 bridgehead atoms. The molecule has 1 aliphatic rings. The Balaban J connectivity index is 1.46. The molecule has 0 radical (unpaired) electrons. The van der Waals surface area contributed by atoms with E-state index in [9.17, 15) is 18.0 Å². The molecule has 0 saturated carbocycles. The van der Waals surface area contributed by atoms with Crippen LogP contribution in [0.15, 0.2) is 48.5 Å². The van der Waals surface area contributed by atoms with Gasteiger partial charge in [-0.2, -0.15) is 13.2 Å². The molecule has 1 saturated heterocycles. The van der Waals surface area contributed by atoms with Gasteiger partial charge in [-0.05, 0) is 48.5 Å². The first-order valence-corrected chi connectivity index (χ1v) is 9.18. The Morgan fingerprint density at radius 1 is 0.964 bits per heavy atom. The molecule has 0 aromatic heterocycles. The number of nitrogens with zero attached hydrogens (tertiary/aromatic N) is 2. The van der Waals surface area contributed by atoms with Gasteiger partial charge < -0.3 is 9.64 Å². The maximum Gasteiger partial charge on any atom is 0.416 e. The third-order valence-corrected chi connectivity index (χ3v) is 5.00. The lowest BCUT2D eigenvalue weighted by atomic mass is 10.1. The largest absolute Gasteiger partial charge is 0.497 e. The molecule has 28 heavy (non-hydrogen) atoms. The number of Topliss-reactive ketones (excluding diaryl/α,β-unsaturated/α-hetero) is 1. The summed E-state index contributed by atoms with van der Waals surface area (Å²) in [5, 5.41) is 0. The average Bonchev–Trinajstić information content (AvgIpc) is 2.72. The van der Waals surface area contributed by atoms with E-state index in [1.54, 1.807) is 31.4 Å². The number of alkyl halides is 3. The Labute approximate surface area is 162 Å². The number of hydrogen-bond acceptors (Lipinski definition) is 4.